The lowest BCUT2D eigenvalue weighted by atomic mass is 9.96. The summed E-state index contributed by atoms with van der Waals surface area (Å²) in [6.07, 6.45) is 4.41. The maximum Gasteiger partial charge on any atom is 0.153 e. The minimum Gasteiger partial charge on any atom is -0.508 e. The number of hydrogen-bond acceptors (Lipinski definition) is 6. The van der Waals surface area contributed by atoms with E-state index in [4.69, 9.17) is 5.73 Å². The monoisotopic (exact) mass is 364 g/mol. The summed E-state index contributed by atoms with van der Waals surface area (Å²) in [4.78, 5) is 12.2. The van der Waals surface area contributed by atoms with Gasteiger partial charge in [-0.1, -0.05) is 19.1 Å². The van der Waals surface area contributed by atoms with Gasteiger partial charge in [0.25, 0.3) is 0 Å². The average molecular weight is 365 g/mol. The van der Waals surface area contributed by atoms with Crippen molar-refractivity contribution < 1.29 is 9.90 Å². The minimum atomic E-state index is -0.153. The fourth-order valence-electron chi connectivity index (χ4n) is 2.63. The number of carbonyl (C=O) groups is 1. The maximum absolute atomic E-state index is 12.2. The molecule has 0 heterocycles. The summed E-state index contributed by atoms with van der Waals surface area (Å²) in [5.41, 5.74) is 6.38. The van der Waals surface area contributed by atoms with Gasteiger partial charge in [-0.2, -0.15) is 0 Å². The number of hydrogen-bond donors (Lipinski definition) is 5. The van der Waals surface area contributed by atoms with Crippen molar-refractivity contribution in [2.24, 2.45) is 5.73 Å². The van der Waals surface area contributed by atoms with Crippen LogP contribution in [-0.4, -0.2) is 56.7 Å². The van der Waals surface area contributed by atoms with Crippen LogP contribution < -0.4 is 21.7 Å². The predicted octanol–water partition coefficient (Wildman–Crippen LogP) is 1.35. The van der Waals surface area contributed by atoms with Crippen LogP contribution in [0.1, 0.15) is 44.1 Å². The van der Waals surface area contributed by atoms with Crippen molar-refractivity contribution in [3.8, 4) is 5.75 Å². The van der Waals surface area contributed by atoms with Crippen LogP contribution >= 0.6 is 0 Å². The summed E-state index contributed by atoms with van der Waals surface area (Å²) in [6, 6.07) is 6.84. The minimum absolute atomic E-state index is 0.153. The first kappa shape index (κ1) is 22.6. The van der Waals surface area contributed by atoms with Crippen LogP contribution in [0, 0.1) is 0 Å². The van der Waals surface area contributed by atoms with Crippen molar-refractivity contribution in [2.45, 2.75) is 38.5 Å². The second-order valence-corrected chi connectivity index (χ2v) is 6.66. The Bertz CT molecular complexity index is 479. The molecule has 1 aromatic carbocycles. The Labute approximate surface area is 157 Å². The number of carbonyl (C=O) groups excluding carboxylic acids is 1. The van der Waals surface area contributed by atoms with E-state index in [-0.39, 0.29) is 17.5 Å². The Morgan fingerprint density at radius 1 is 0.923 bits per heavy atom. The third-order valence-electron chi connectivity index (χ3n) is 4.40. The molecule has 6 nitrogen and oxygen atoms in total. The number of ketones is 1. The molecule has 1 atom stereocenters. The highest BCUT2D eigenvalue weighted by atomic mass is 16.3. The second-order valence-electron chi connectivity index (χ2n) is 6.66. The molecular formula is C20H36N4O2. The van der Waals surface area contributed by atoms with E-state index < -0.39 is 0 Å². The van der Waals surface area contributed by atoms with Crippen LogP contribution in [0.3, 0.4) is 0 Å². The molecule has 0 radical (unpaired) electrons. The molecule has 26 heavy (non-hydrogen) atoms. The quantitative estimate of drug-likeness (QED) is 0.284. The van der Waals surface area contributed by atoms with Crippen LogP contribution in [0.25, 0.3) is 0 Å². The molecule has 6 heteroatoms. The number of phenolic OH excluding ortho intramolecular Hbond substituents is 1. The lowest BCUT2D eigenvalue weighted by Crippen LogP contribution is -2.29. The largest absolute Gasteiger partial charge is 0.508 e. The van der Waals surface area contributed by atoms with Crippen molar-refractivity contribution in [3.63, 3.8) is 0 Å². The van der Waals surface area contributed by atoms with Gasteiger partial charge in [-0.15, -0.1) is 0 Å². The van der Waals surface area contributed by atoms with Crippen molar-refractivity contribution in [2.75, 3.05) is 45.8 Å². The molecule has 0 bridgehead atoms. The van der Waals surface area contributed by atoms with Gasteiger partial charge in [0.15, 0.2) is 5.78 Å². The molecule has 0 saturated heterocycles. The summed E-state index contributed by atoms with van der Waals surface area (Å²) in [7, 11) is 0. The lowest BCUT2D eigenvalue weighted by molar-refractivity contribution is -0.119. The molecule has 0 amide bonds. The maximum atomic E-state index is 12.2. The number of unbranched alkanes of at least 4 members (excludes halogenated alkanes) is 1. The smallest absolute Gasteiger partial charge is 0.153 e. The van der Waals surface area contributed by atoms with E-state index in [2.05, 4.69) is 16.0 Å². The highest BCUT2D eigenvalue weighted by Gasteiger charge is 2.14. The van der Waals surface area contributed by atoms with E-state index in [1.807, 2.05) is 6.92 Å². The Morgan fingerprint density at radius 3 is 2.08 bits per heavy atom. The number of nitrogens with one attached hydrogen (secondary N) is 3. The van der Waals surface area contributed by atoms with E-state index in [0.717, 1.165) is 57.7 Å². The number of nitrogens with two attached hydrogens (primary N) is 1. The Hall–Kier alpha value is -1.47. The number of Topliss-reactive ketones (excluding diaryl/α,β-unsaturated/α-hetero) is 1. The second kappa shape index (κ2) is 14.7. The van der Waals surface area contributed by atoms with E-state index in [1.54, 1.807) is 24.3 Å². The molecular weight excluding hydrogens is 328 g/mol. The predicted molar refractivity (Wildman–Crippen MR) is 108 cm³/mol. The molecule has 0 aliphatic rings. The van der Waals surface area contributed by atoms with Gasteiger partial charge >= 0.3 is 0 Å². The SMILES string of the molecule is CC(C(=O)CNCCCNCCCCNCCCN)c1ccc(O)cc1. The van der Waals surface area contributed by atoms with Crippen LogP contribution in [0.5, 0.6) is 5.75 Å². The number of phenols is 1. The summed E-state index contributed by atoms with van der Waals surface area (Å²) < 4.78 is 0. The van der Waals surface area contributed by atoms with Gasteiger partial charge in [-0.05, 0) is 82.6 Å². The standard InChI is InChI=1S/C20H36N4O2/c1-17(18-6-8-19(25)9-7-18)20(26)16-24-15-5-14-23-12-3-2-11-22-13-4-10-21/h6-9,17,22-25H,2-5,10-16,21H2,1H3. The molecule has 0 fully saturated rings. The van der Waals surface area contributed by atoms with Gasteiger partial charge in [-0.25, -0.2) is 0 Å². The molecule has 1 unspecified atom stereocenters. The lowest BCUT2D eigenvalue weighted by Gasteiger charge is -2.12. The van der Waals surface area contributed by atoms with Gasteiger partial charge in [0.05, 0.1) is 6.54 Å². The van der Waals surface area contributed by atoms with Gasteiger partial charge in [0, 0.05) is 5.92 Å². The Balaban J connectivity index is 1.94. The van der Waals surface area contributed by atoms with E-state index in [9.17, 15) is 9.90 Å². The van der Waals surface area contributed by atoms with Crippen molar-refractivity contribution in [1.82, 2.24) is 16.0 Å². The van der Waals surface area contributed by atoms with Crippen LogP contribution in [0.15, 0.2) is 24.3 Å². The first-order valence-corrected chi connectivity index (χ1v) is 9.79. The zero-order chi connectivity index (χ0) is 19.0. The van der Waals surface area contributed by atoms with Gasteiger partial charge in [0.1, 0.15) is 5.75 Å². The van der Waals surface area contributed by atoms with E-state index in [1.165, 1.54) is 12.8 Å². The number of rotatable bonds is 16. The summed E-state index contributed by atoms with van der Waals surface area (Å²) >= 11 is 0. The zero-order valence-electron chi connectivity index (χ0n) is 16.1. The first-order chi connectivity index (χ1) is 12.6. The summed E-state index contributed by atoms with van der Waals surface area (Å²) in [5.74, 6) is 0.243. The van der Waals surface area contributed by atoms with Crippen molar-refractivity contribution in [1.29, 1.82) is 0 Å². The fraction of sp³-hybridized carbons (Fsp3) is 0.650. The van der Waals surface area contributed by atoms with Crippen molar-refractivity contribution >= 4 is 5.78 Å². The molecule has 1 aromatic rings. The van der Waals surface area contributed by atoms with Crippen LogP contribution in [0.4, 0.5) is 0 Å². The Kier molecular flexibility index (Phi) is 12.7. The number of aromatic hydroxyl groups is 1. The van der Waals surface area contributed by atoms with Crippen LogP contribution in [-0.2, 0) is 4.79 Å². The third-order valence-corrected chi connectivity index (χ3v) is 4.40. The van der Waals surface area contributed by atoms with Gasteiger partial charge in [-0.3, -0.25) is 4.79 Å². The van der Waals surface area contributed by atoms with Crippen molar-refractivity contribution in [3.05, 3.63) is 29.8 Å². The first-order valence-electron chi connectivity index (χ1n) is 9.79. The van der Waals surface area contributed by atoms with Gasteiger partial charge < -0.3 is 26.8 Å². The molecule has 148 valence electrons. The molecule has 0 aliphatic carbocycles. The highest BCUT2D eigenvalue weighted by molar-refractivity contribution is 5.87. The summed E-state index contributed by atoms with van der Waals surface area (Å²) in [5, 5.41) is 19.3. The highest BCUT2D eigenvalue weighted by Crippen LogP contribution is 2.18. The van der Waals surface area contributed by atoms with Gasteiger partial charge in [0.2, 0.25) is 0 Å². The third kappa shape index (κ3) is 10.5. The molecule has 1 rings (SSSR count). The molecule has 0 aromatic heterocycles. The summed E-state index contributed by atoms with van der Waals surface area (Å²) in [6.45, 7) is 7.96. The van der Waals surface area contributed by atoms with E-state index in [0.29, 0.717) is 6.54 Å². The molecule has 0 saturated carbocycles. The molecule has 0 aliphatic heterocycles. The topological polar surface area (TPSA) is 99.4 Å². The molecule has 6 N–H and O–H groups in total. The van der Waals surface area contributed by atoms with E-state index >= 15 is 0 Å². The average Bonchev–Trinajstić information content (AvgIpc) is 2.65. The zero-order valence-corrected chi connectivity index (χ0v) is 16.1. The number of benzene rings is 1. The molecule has 0 spiro atoms. The Morgan fingerprint density at radius 2 is 1.46 bits per heavy atom. The van der Waals surface area contributed by atoms with Crippen LogP contribution in [0.2, 0.25) is 0 Å². The fourth-order valence-corrected chi connectivity index (χ4v) is 2.63. The normalized spacial score (nSPS) is 12.2.